The van der Waals surface area contributed by atoms with Crippen molar-refractivity contribution in [2.24, 2.45) is 0 Å². The summed E-state index contributed by atoms with van der Waals surface area (Å²) >= 11 is 5.44. The molecule has 0 aliphatic rings. The van der Waals surface area contributed by atoms with Crippen LogP contribution in [0.4, 0.5) is 0 Å². The molecule has 0 atom stereocenters. The van der Waals surface area contributed by atoms with E-state index in [4.69, 9.17) is 11.6 Å². The van der Waals surface area contributed by atoms with Crippen LogP contribution in [-0.2, 0) is 9.53 Å². The zero-order valence-corrected chi connectivity index (χ0v) is 7.50. The van der Waals surface area contributed by atoms with Gasteiger partial charge in [0, 0.05) is 18.3 Å². The zero-order chi connectivity index (χ0) is 9.68. The predicted octanol–water partition coefficient (Wildman–Crippen LogP) is 0.654. The number of hydrogen-bond acceptors (Lipinski definition) is 4. The Morgan fingerprint density at radius 1 is 1.54 bits per heavy atom. The molecular formula is C8H5ClN2O2. The predicted molar refractivity (Wildman–Crippen MR) is 45.9 cm³/mol. The summed E-state index contributed by atoms with van der Waals surface area (Å²) in [6.45, 7) is 0. The van der Waals surface area contributed by atoms with Crippen LogP contribution in [0.3, 0.4) is 0 Å². The SMILES string of the molecule is COC(=O)C#Cc1cnc(Cl)nc1. The van der Waals surface area contributed by atoms with Gasteiger partial charge in [0.1, 0.15) is 0 Å². The van der Waals surface area contributed by atoms with Crippen LogP contribution in [-0.4, -0.2) is 23.0 Å². The minimum Gasteiger partial charge on any atom is -0.459 e. The van der Waals surface area contributed by atoms with Crippen LogP contribution in [0.1, 0.15) is 5.56 Å². The second-order valence-corrected chi connectivity index (χ2v) is 2.32. The van der Waals surface area contributed by atoms with E-state index in [9.17, 15) is 4.79 Å². The van der Waals surface area contributed by atoms with Crippen molar-refractivity contribution in [3.8, 4) is 11.8 Å². The monoisotopic (exact) mass is 196 g/mol. The molecule has 0 aliphatic heterocycles. The van der Waals surface area contributed by atoms with Crippen molar-refractivity contribution in [2.75, 3.05) is 7.11 Å². The molecule has 4 nitrogen and oxygen atoms in total. The van der Waals surface area contributed by atoms with Crippen molar-refractivity contribution in [3.05, 3.63) is 23.2 Å². The lowest BCUT2D eigenvalue weighted by atomic mass is 10.3. The van der Waals surface area contributed by atoms with Crippen LogP contribution in [0.5, 0.6) is 0 Å². The smallest absolute Gasteiger partial charge is 0.384 e. The number of methoxy groups -OCH3 is 1. The molecule has 0 fully saturated rings. The average molecular weight is 197 g/mol. The van der Waals surface area contributed by atoms with E-state index < -0.39 is 5.97 Å². The molecule has 0 radical (unpaired) electrons. The molecule has 1 aromatic rings. The third-order valence-electron chi connectivity index (χ3n) is 1.11. The summed E-state index contributed by atoms with van der Waals surface area (Å²) in [5.41, 5.74) is 0.509. The van der Waals surface area contributed by atoms with Gasteiger partial charge in [-0.3, -0.25) is 0 Å². The van der Waals surface area contributed by atoms with Crippen LogP contribution >= 0.6 is 11.6 Å². The Morgan fingerprint density at radius 3 is 2.69 bits per heavy atom. The molecule has 0 saturated heterocycles. The zero-order valence-electron chi connectivity index (χ0n) is 6.74. The van der Waals surface area contributed by atoms with Crippen molar-refractivity contribution in [2.45, 2.75) is 0 Å². The van der Waals surface area contributed by atoms with Crippen LogP contribution < -0.4 is 0 Å². The maximum Gasteiger partial charge on any atom is 0.384 e. The second-order valence-electron chi connectivity index (χ2n) is 1.98. The molecule has 0 bridgehead atoms. The van der Waals surface area contributed by atoms with Crippen LogP contribution in [0, 0.1) is 11.8 Å². The summed E-state index contributed by atoms with van der Waals surface area (Å²) in [7, 11) is 1.26. The Kier molecular flexibility index (Phi) is 3.23. The van der Waals surface area contributed by atoms with Gasteiger partial charge < -0.3 is 4.74 Å². The molecule has 0 spiro atoms. The number of carbonyl (C=O) groups is 1. The number of ether oxygens (including phenoxy) is 1. The standard InChI is InChI=1S/C8H5ClN2O2/c1-13-7(12)3-2-6-4-10-8(9)11-5-6/h4-5H,1H3. The van der Waals surface area contributed by atoms with Gasteiger partial charge in [0.25, 0.3) is 0 Å². The van der Waals surface area contributed by atoms with Crippen molar-refractivity contribution in [3.63, 3.8) is 0 Å². The van der Waals surface area contributed by atoms with Crippen molar-refractivity contribution in [1.82, 2.24) is 9.97 Å². The number of aromatic nitrogens is 2. The largest absolute Gasteiger partial charge is 0.459 e. The molecule has 1 heterocycles. The van der Waals surface area contributed by atoms with Crippen LogP contribution in [0.25, 0.3) is 0 Å². The van der Waals surface area contributed by atoms with Crippen molar-refractivity contribution >= 4 is 17.6 Å². The first-order chi connectivity index (χ1) is 6.22. The summed E-state index contributed by atoms with van der Waals surface area (Å²) in [6.07, 6.45) is 2.84. The van der Waals surface area contributed by atoms with E-state index in [1.54, 1.807) is 0 Å². The summed E-state index contributed by atoms with van der Waals surface area (Å²) in [5.74, 6) is 4.15. The Labute approximate surface area is 79.9 Å². The molecule has 66 valence electrons. The highest BCUT2D eigenvalue weighted by molar-refractivity contribution is 6.28. The Bertz CT molecular complexity index is 364. The maximum atomic E-state index is 10.6. The fourth-order valence-corrected chi connectivity index (χ4v) is 0.649. The number of nitrogens with zero attached hydrogens (tertiary/aromatic N) is 2. The van der Waals surface area contributed by atoms with Gasteiger partial charge in [0.15, 0.2) is 0 Å². The molecule has 0 saturated carbocycles. The van der Waals surface area contributed by atoms with E-state index in [1.165, 1.54) is 19.5 Å². The molecular weight excluding hydrogens is 192 g/mol. The lowest BCUT2D eigenvalue weighted by molar-refractivity contribution is -0.133. The highest BCUT2D eigenvalue weighted by atomic mass is 35.5. The van der Waals surface area contributed by atoms with Crippen LogP contribution in [0.2, 0.25) is 5.28 Å². The first-order valence-electron chi connectivity index (χ1n) is 3.30. The second kappa shape index (κ2) is 4.43. The first kappa shape index (κ1) is 9.49. The lowest BCUT2D eigenvalue weighted by Gasteiger charge is -1.88. The van der Waals surface area contributed by atoms with E-state index in [-0.39, 0.29) is 5.28 Å². The summed E-state index contributed by atoms with van der Waals surface area (Å²) in [6, 6.07) is 0. The van der Waals surface area contributed by atoms with Crippen molar-refractivity contribution in [1.29, 1.82) is 0 Å². The fraction of sp³-hybridized carbons (Fsp3) is 0.125. The molecule has 13 heavy (non-hydrogen) atoms. The number of carbonyl (C=O) groups excluding carboxylic acids is 1. The lowest BCUT2D eigenvalue weighted by Crippen LogP contribution is -1.94. The Hall–Kier alpha value is -1.60. The van der Waals surface area contributed by atoms with Gasteiger partial charge in [-0.25, -0.2) is 14.8 Å². The maximum absolute atomic E-state index is 10.6. The fourth-order valence-electron chi connectivity index (χ4n) is 0.551. The summed E-state index contributed by atoms with van der Waals surface area (Å²) in [4.78, 5) is 18.0. The van der Waals surface area contributed by atoms with Gasteiger partial charge in [-0.15, -0.1) is 0 Å². The minimum absolute atomic E-state index is 0.142. The number of esters is 1. The average Bonchev–Trinajstić information content (AvgIpc) is 2.16. The van der Waals surface area contributed by atoms with Gasteiger partial charge in [-0.1, -0.05) is 5.92 Å². The van der Waals surface area contributed by atoms with E-state index >= 15 is 0 Å². The third kappa shape index (κ3) is 3.09. The highest BCUT2D eigenvalue weighted by Gasteiger charge is 1.92. The molecule has 0 aliphatic carbocycles. The van der Waals surface area contributed by atoms with Crippen molar-refractivity contribution < 1.29 is 9.53 Å². The van der Waals surface area contributed by atoms with Gasteiger partial charge >= 0.3 is 5.97 Å². The van der Waals surface area contributed by atoms with Gasteiger partial charge in [-0.2, -0.15) is 0 Å². The van der Waals surface area contributed by atoms with Crippen LogP contribution in [0.15, 0.2) is 12.4 Å². The van der Waals surface area contributed by atoms with Gasteiger partial charge in [-0.05, 0) is 11.6 Å². The summed E-state index contributed by atoms with van der Waals surface area (Å²) in [5, 5.41) is 0.142. The highest BCUT2D eigenvalue weighted by Crippen LogP contribution is 1.98. The van der Waals surface area contributed by atoms with E-state index in [1.807, 2.05) is 0 Å². The molecule has 1 aromatic heterocycles. The third-order valence-corrected chi connectivity index (χ3v) is 1.31. The van der Waals surface area contributed by atoms with E-state index in [0.29, 0.717) is 5.56 Å². The molecule has 5 heteroatoms. The number of hydrogen-bond donors (Lipinski definition) is 0. The van der Waals surface area contributed by atoms with Gasteiger partial charge in [0.05, 0.1) is 12.7 Å². The molecule has 0 unspecified atom stereocenters. The number of rotatable bonds is 0. The Morgan fingerprint density at radius 2 is 2.15 bits per heavy atom. The normalized spacial score (nSPS) is 8.46. The molecule has 1 rings (SSSR count). The molecule has 0 N–H and O–H groups in total. The van der Waals surface area contributed by atoms with Gasteiger partial charge in [0.2, 0.25) is 5.28 Å². The van der Waals surface area contributed by atoms with E-state index in [0.717, 1.165) is 0 Å². The Balaban J connectivity index is 2.78. The molecule has 0 aromatic carbocycles. The molecule has 0 amide bonds. The quantitative estimate of drug-likeness (QED) is 0.347. The summed E-state index contributed by atoms with van der Waals surface area (Å²) < 4.78 is 4.32. The minimum atomic E-state index is -0.602. The first-order valence-corrected chi connectivity index (χ1v) is 3.67. The number of halogens is 1. The topological polar surface area (TPSA) is 52.1 Å². The van der Waals surface area contributed by atoms with E-state index in [2.05, 4.69) is 26.5 Å².